The number of nitrogens with one attached hydrogen (secondary N) is 1. The molecule has 2 rings (SSSR count). The fourth-order valence-corrected chi connectivity index (χ4v) is 3.14. The molecule has 1 amide bonds. The monoisotopic (exact) mass is 248 g/mol. The average molecular weight is 248 g/mol. The number of hydrogen-bond donors (Lipinski definition) is 1. The van der Waals surface area contributed by atoms with Crippen LogP contribution in [0.25, 0.3) is 0 Å². The minimum absolute atomic E-state index is 0.0944. The smallest absolute Gasteiger partial charge is 0.240 e. The van der Waals surface area contributed by atoms with Gasteiger partial charge in [0.15, 0.2) is 0 Å². The molecular formula is C13H16N2OS. The predicted octanol–water partition coefficient (Wildman–Crippen LogP) is 2.76. The second-order valence-electron chi connectivity index (χ2n) is 4.66. The van der Waals surface area contributed by atoms with E-state index in [1.165, 1.54) is 5.56 Å². The molecule has 90 valence electrons. The summed E-state index contributed by atoms with van der Waals surface area (Å²) in [5.74, 6) is -0.0944. The van der Waals surface area contributed by atoms with Gasteiger partial charge < -0.3 is 5.32 Å². The molecule has 0 radical (unpaired) electrons. The second-order valence-corrected chi connectivity index (χ2v) is 5.41. The van der Waals surface area contributed by atoms with Gasteiger partial charge in [-0.1, -0.05) is 12.8 Å². The third-order valence-corrected chi connectivity index (χ3v) is 4.42. The Morgan fingerprint density at radius 1 is 1.53 bits per heavy atom. The van der Waals surface area contributed by atoms with E-state index in [9.17, 15) is 10.1 Å². The Kier molecular flexibility index (Phi) is 3.49. The van der Waals surface area contributed by atoms with Crippen LogP contribution in [-0.2, 0) is 11.3 Å². The molecule has 1 saturated carbocycles. The van der Waals surface area contributed by atoms with Gasteiger partial charge in [0.05, 0.1) is 6.07 Å². The number of rotatable bonds is 3. The van der Waals surface area contributed by atoms with Crippen molar-refractivity contribution in [2.75, 3.05) is 0 Å². The van der Waals surface area contributed by atoms with E-state index in [1.54, 1.807) is 11.3 Å². The van der Waals surface area contributed by atoms with Gasteiger partial charge in [0.2, 0.25) is 5.91 Å². The number of carbonyl (C=O) groups excluding carboxylic acids is 1. The molecule has 1 N–H and O–H groups in total. The lowest BCUT2D eigenvalue weighted by atomic mass is 9.87. The zero-order chi connectivity index (χ0) is 12.3. The molecule has 0 spiro atoms. The maximum atomic E-state index is 12.1. The number of nitriles is 1. The van der Waals surface area contributed by atoms with Crippen LogP contribution >= 0.6 is 11.3 Å². The molecule has 4 heteroatoms. The van der Waals surface area contributed by atoms with Gasteiger partial charge >= 0.3 is 0 Å². The van der Waals surface area contributed by atoms with Crippen LogP contribution < -0.4 is 5.32 Å². The van der Waals surface area contributed by atoms with Crippen molar-refractivity contribution >= 4 is 17.2 Å². The molecule has 0 bridgehead atoms. The highest BCUT2D eigenvalue weighted by Crippen LogP contribution is 2.37. The van der Waals surface area contributed by atoms with E-state index in [1.807, 2.05) is 12.3 Å². The summed E-state index contributed by atoms with van der Waals surface area (Å²) in [4.78, 5) is 12.1. The molecule has 1 fully saturated rings. The van der Waals surface area contributed by atoms with Gasteiger partial charge in [0, 0.05) is 6.54 Å². The summed E-state index contributed by atoms with van der Waals surface area (Å²) in [6.07, 6.45) is 3.38. The number of carbonyl (C=O) groups is 1. The van der Waals surface area contributed by atoms with Crippen LogP contribution in [0.15, 0.2) is 10.8 Å². The molecule has 0 unspecified atom stereocenters. The normalized spacial score (nSPS) is 17.6. The van der Waals surface area contributed by atoms with Gasteiger partial charge in [-0.2, -0.15) is 16.6 Å². The fraction of sp³-hybridized carbons (Fsp3) is 0.538. The fourth-order valence-electron chi connectivity index (χ4n) is 2.28. The molecule has 0 aliphatic heterocycles. The lowest BCUT2D eigenvalue weighted by Crippen LogP contribution is -2.37. The van der Waals surface area contributed by atoms with E-state index in [4.69, 9.17) is 0 Å². The van der Waals surface area contributed by atoms with Crippen molar-refractivity contribution in [3.8, 4) is 6.07 Å². The van der Waals surface area contributed by atoms with E-state index in [-0.39, 0.29) is 5.91 Å². The van der Waals surface area contributed by atoms with E-state index in [2.05, 4.69) is 16.8 Å². The molecule has 17 heavy (non-hydrogen) atoms. The molecule has 0 atom stereocenters. The molecule has 1 aromatic heterocycles. The standard InChI is InChI=1S/C13H16N2OS/c1-10-7-17-8-11(10)6-15-12(16)13(9-14)4-2-3-5-13/h7-8H,2-6H2,1H3,(H,15,16). The minimum atomic E-state index is -0.760. The van der Waals surface area contributed by atoms with Crippen LogP contribution in [0, 0.1) is 23.7 Å². The first-order valence-corrected chi connectivity index (χ1v) is 6.83. The second kappa shape index (κ2) is 4.89. The Morgan fingerprint density at radius 3 is 2.76 bits per heavy atom. The van der Waals surface area contributed by atoms with E-state index in [0.29, 0.717) is 19.4 Å². The highest BCUT2D eigenvalue weighted by Gasteiger charge is 2.41. The van der Waals surface area contributed by atoms with Crippen molar-refractivity contribution in [3.05, 3.63) is 21.9 Å². The molecule has 1 aliphatic rings. The topological polar surface area (TPSA) is 52.9 Å². The molecule has 0 aromatic carbocycles. The van der Waals surface area contributed by atoms with E-state index in [0.717, 1.165) is 18.4 Å². The lowest BCUT2D eigenvalue weighted by Gasteiger charge is -2.19. The molecule has 0 saturated heterocycles. The maximum Gasteiger partial charge on any atom is 0.240 e. The highest BCUT2D eigenvalue weighted by atomic mass is 32.1. The van der Waals surface area contributed by atoms with Crippen molar-refractivity contribution in [3.63, 3.8) is 0 Å². The van der Waals surface area contributed by atoms with Crippen LogP contribution in [0.1, 0.15) is 36.8 Å². The summed E-state index contributed by atoms with van der Waals surface area (Å²) in [5.41, 5.74) is 1.59. The van der Waals surface area contributed by atoms with Gasteiger partial charge in [-0.05, 0) is 41.7 Å². The largest absolute Gasteiger partial charge is 0.351 e. The van der Waals surface area contributed by atoms with Crippen molar-refractivity contribution in [2.24, 2.45) is 5.41 Å². The number of amides is 1. The van der Waals surface area contributed by atoms with Gasteiger partial charge in [0.1, 0.15) is 5.41 Å². The van der Waals surface area contributed by atoms with Crippen LogP contribution in [-0.4, -0.2) is 5.91 Å². The zero-order valence-electron chi connectivity index (χ0n) is 9.95. The van der Waals surface area contributed by atoms with Gasteiger partial charge in [0.25, 0.3) is 0 Å². The number of aryl methyl sites for hydroxylation is 1. The summed E-state index contributed by atoms with van der Waals surface area (Å²) < 4.78 is 0. The quantitative estimate of drug-likeness (QED) is 0.894. The Balaban J connectivity index is 1.98. The third kappa shape index (κ3) is 2.34. The maximum absolute atomic E-state index is 12.1. The molecular weight excluding hydrogens is 232 g/mol. The van der Waals surface area contributed by atoms with Crippen molar-refractivity contribution < 1.29 is 4.79 Å². The molecule has 1 aliphatic carbocycles. The van der Waals surface area contributed by atoms with Crippen molar-refractivity contribution in [1.82, 2.24) is 5.32 Å². The number of nitrogens with zero attached hydrogens (tertiary/aromatic N) is 1. The minimum Gasteiger partial charge on any atom is -0.351 e. The SMILES string of the molecule is Cc1cscc1CNC(=O)C1(C#N)CCCC1. The van der Waals surface area contributed by atoms with E-state index >= 15 is 0 Å². The predicted molar refractivity (Wildman–Crippen MR) is 67.4 cm³/mol. The highest BCUT2D eigenvalue weighted by molar-refractivity contribution is 7.08. The third-order valence-electron chi connectivity index (χ3n) is 3.51. The summed E-state index contributed by atoms with van der Waals surface area (Å²) in [7, 11) is 0. The Hall–Kier alpha value is -1.34. The Labute approximate surface area is 105 Å². The lowest BCUT2D eigenvalue weighted by molar-refractivity contribution is -0.128. The van der Waals surface area contributed by atoms with E-state index < -0.39 is 5.41 Å². The molecule has 1 heterocycles. The van der Waals surface area contributed by atoms with Crippen molar-refractivity contribution in [2.45, 2.75) is 39.2 Å². The number of hydrogen-bond acceptors (Lipinski definition) is 3. The molecule has 1 aromatic rings. The van der Waals surface area contributed by atoms with Gasteiger partial charge in [-0.3, -0.25) is 4.79 Å². The van der Waals surface area contributed by atoms with Crippen LogP contribution in [0.3, 0.4) is 0 Å². The average Bonchev–Trinajstić information content (AvgIpc) is 2.95. The van der Waals surface area contributed by atoms with Gasteiger partial charge in [-0.25, -0.2) is 0 Å². The first-order chi connectivity index (χ1) is 8.18. The number of thiophene rings is 1. The Morgan fingerprint density at radius 2 is 2.24 bits per heavy atom. The first-order valence-electron chi connectivity index (χ1n) is 5.89. The van der Waals surface area contributed by atoms with Crippen molar-refractivity contribution in [1.29, 1.82) is 5.26 Å². The summed E-state index contributed by atoms with van der Waals surface area (Å²) >= 11 is 1.64. The molecule has 3 nitrogen and oxygen atoms in total. The summed E-state index contributed by atoms with van der Waals surface area (Å²) in [6, 6.07) is 2.21. The summed E-state index contributed by atoms with van der Waals surface area (Å²) in [5, 5.41) is 16.2. The zero-order valence-corrected chi connectivity index (χ0v) is 10.8. The Bertz CT molecular complexity index is 452. The van der Waals surface area contributed by atoms with Crippen LogP contribution in [0.4, 0.5) is 0 Å². The van der Waals surface area contributed by atoms with Crippen LogP contribution in [0.5, 0.6) is 0 Å². The van der Waals surface area contributed by atoms with Crippen LogP contribution in [0.2, 0.25) is 0 Å². The van der Waals surface area contributed by atoms with Gasteiger partial charge in [-0.15, -0.1) is 0 Å². The first kappa shape index (κ1) is 12.1. The summed E-state index contributed by atoms with van der Waals surface area (Å²) in [6.45, 7) is 2.57.